The molecule has 2 aromatic carbocycles. The number of carbonyl (C=O) groups is 2. The highest BCUT2D eigenvalue weighted by atomic mass is 32.2. The van der Waals surface area contributed by atoms with Gasteiger partial charge in [-0.2, -0.15) is 0 Å². The predicted molar refractivity (Wildman–Crippen MR) is 95.1 cm³/mol. The number of rotatable bonds is 6. The van der Waals surface area contributed by atoms with Crippen LogP contribution >= 0.6 is 11.8 Å². The standard InChI is InChI=1S/C16H15FN4O4S/c17-11-4-6-14(7-5-11)26-9-8-15(22)19-20-16(23)18-12-2-1-3-13(10-12)21(24)25/h1-7,10H,8-9H2,(H,19,22)(H2,18,20,23). The van der Waals surface area contributed by atoms with Crippen molar-refractivity contribution in [1.82, 2.24) is 10.9 Å². The van der Waals surface area contributed by atoms with Gasteiger partial charge in [0, 0.05) is 34.9 Å². The van der Waals surface area contributed by atoms with Crippen molar-refractivity contribution in [2.75, 3.05) is 11.1 Å². The highest BCUT2D eigenvalue weighted by Crippen LogP contribution is 2.19. The minimum absolute atomic E-state index is 0.138. The number of amides is 3. The lowest BCUT2D eigenvalue weighted by Gasteiger charge is -2.09. The van der Waals surface area contributed by atoms with Crippen molar-refractivity contribution in [1.29, 1.82) is 0 Å². The molecule has 0 aromatic heterocycles. The second kappa shape index (κ2) is 9.37. The molecule has 26 heavy (non-hydrogen) atoms. The third kappa shape index (κ3) is 6.40. The van der Waals surface area contributed by atoms with Gasteiger partial charge in [-0.3, -0.25) is 20.3 Å². The van der Waals surface area contributed by atoms with Gasteiger partial charge in [-0.05, 0) is 30.3 Å². The van der Waals surface area contributed by atoms with Crippen LogP contribution in [0.5, 0.6) is 0 Å². The number of anilines is 1. The van der Waals surface area contributed by atoms with Gasteiger partial charge in [0.15, 0.2) is 0 Å². The topological polar surface area (TPSA) is 113 Å². The van der Waals surface area contributed by atoms with Crippen LogP contribution in [0.1, 0.15) is 6.42 Å². The van der Waals surface area contributed by atoms with E-state index in [-0.39, 0.29) is 23.6 Å². The fraction of sp³-hybridized carbons (Fsp3) is 0.125. The molecule has 2 rings (SSSR count). The second-order valence-electron chi connectivity index (χ2n) is 4.99. The van der Waals surface area contributed by atoms with Crippen LogP contribution in [-0.4, -0.2) is 22.6 Å². The molecule has 0 spiro atoms. The number of urea groups is 1. The molecule has 10 heteroatoms. The number of benzene rings is 2. The number of hydrazine groups is 1. The Labute approximate surface area is 152 Å². The number of halogens is 1. The molecular weight excluding hydrogens is 363 g/mol. The molecule has 0 aliphatic rings. The Morgan fingerprint density at radius 1 is 1.12 bits per heavy atom. The van der Waals surface area contributed by atoms with E-state index in [4.69, 9.17) is 0 Å². The van der Waals surface area contributed by atoms with Gasteiger partial charge < -0.3 is 5.32 Å². The summed E-state index contributed by atoms with van der Waals surface area (Å²) in [5.74, 6) is -0.286. The Hall–Kier alpha value is -3.14. The van der Waals surface area contributed by atoms with Crippen LogP contribution in [0.25, 0.3) is 0 Å². The zero-order valence-electron chi connectivity index (χ0n) is 13.4. The molecule has 0 aliphatic carbocycles. The Balaban J connectivity index is 1.69. The lowest BCUT2D eigenvalue weighted by atomic mass is 10.3. The number of hydrogen-bond donors (Lipinski definition) is 3. The average molecular weight is 378 g/mol. The van der Waals surface area contributed by atoms with Gasteiger partial charge in [0.1, 0.15) is 5.82 Å². The van der Waals surface area contributed by atoms with Crippen LogP contribution < -0.4 is 16.2 Å². The summed E-state index contributed by atoms with van der Waals surface area (Å²) in [5.41, 5.74) is 4.44. The summed E-state index contributed by atoms with van der Waals surface area (Å²) in [4.78, 5) is 34.3. The number of nitro groups is 1. The van der Waals surface area contributed by atoms with Crippen molar-refractivity contribution >= 4 is 35.1 Å². The minimum atomic E-state index is -0.731. The van der Waals surface area contributed by atoms with Gasteiger partial charge in [0.05, 0.1) is 4.92 Å². The molecule has 136 valence electrons. The first-order chi connectivity index (χ1) is 12.4. The van der Waals surface area contributed by atoms with Crippen molar-refractivity contribution in [3.63, 3.8) is 0 Å². The van der Waals surface area contributed by atoms with Gasteiger partial charge in [-0.15, -0.1) is 11.8 Å². The third-order valence-corrected chi connectivity index (χ3v) is 4.06. The molecule has 0 radical (unpaired) electrons. The molecule has 0 unspecified atom stereocenters. The zero-order chi connectivity index (χ0) is 18.9. The highest BCUT2D eigenvalue weighted by molar-refractivity contribution is 7.99. The maximum absolute atomic E-state index is 12.8. The van der Waals surface area contributed by atoms with Gasteiger partial charge in [0.2, 0.25) is 5.91 Å². The maximum atomic E-state index is 12.8. The van der Waals surface area contributed by atoms with E-state index in [0.29, 0.717) is 5.75 Å². The van der Waals surface area contributed by atoms with E-state index in [2.05, 4.69) is 16.2 Å². The number of nitrogens with zero attached hydrogens (tertiary/aromatic N) is 1. The molecule has 0 saturated carbocycles. The minimum Gasteiger partial charge on any atom is -0.306 e. The first-order valence-corrected chi connectivity index (χ1v) is 8.41. The number of non-ortho nitro benzene ring substituents is 1. The van der Waals surface area contributed by atoms with Gasteiger partial charge in [-0.25, -0.2) is 14.6 Å². The summed E-state index contributed by atoms with van der Waals surface area (Å²) < 4.78 is 12.8. The van der Waals surface area contributed by atoms with Crippen molar-refractivity contribution < 1.29 is 18.9 Å². The number of nitro benzene ring substituents is 1. The molecule has 0 aliphatic heterocycles. The van der Waals surface area contributed by atoms with Crippen LogP contribution in [0.2, 0.25) is 0 Å². The first kappa shape index (κ1) is 19.2. The van der Waals surface area contributed by atoms with Crippen molar-refractivity contribution in [2.24, 2.45) is 0 Å². The van der Waals surface area contributed by atoms with E-state index in [9.17, 15) is 24.1 Å². The summed E-state index contributed by atoms with van der Waals surface area (Å²) in [7, 11) is 0. The van der Waals surface area contributed by atoms with Crippen LogP contribution in [0.15, 0.2) is 53.4 Å². The normalized spacial score (nSPS) is 10.0. The van der Waals surface area contributed by atoms with Gasteiger partial charge >= 0.3 is 6.03 Å². The Morgan fingerprint density at radius 2 is 1.85 bits per heavy atom. The summed E-state index contributed by atoms with van der Waals surface area (Å²) in [6.07, 6.45) is 0.138. The number of thioether (sulfide) groups is 1. The molecule has 2 aromatic rings. The number of hydrogen-bond acceptors (Lipinski definition) is 5. The molecule has 3 N–H and O–H groups in total. The zero-order valence-corrected chi connectivity index (χ0v) is 14.2. The maximum Gasteiger partial charge on any atom is 0.337 e. The lowest BCUT2D eigenvalue weighted by Crippen LogP contribution is -2.44. The van der Waals surface area contributed by atoms with E-state index < -0.39 is 16.9 Å². The fourth-order valence-electron chi connectivity index (χ4n) is 1.84. The van der Waals surface area contributed by atoms with Crippen LogP contribution in [0.3, 0.4) is 0 Å². The fourth-order valence-corrected chi connectivity index (χ4v) is 2.69. The Bertz CT molecular complexity index is 801. The summed E-state index contributed by atoms with van der Waals surface area (Å²) >= 11 is 1.38. The van der Waals surface area contributed by atoms with Gasteiger partial charge in [-0.1, -0.05) is 6.07 Å². The quantitative estimate of drug-likeness (QED) is 0.406. The van der Waals surface area contributed by atoms with E-state index in [1.54, 1.807) is 12.1 Å². The summed E-state index contributed by atoms with van der Waals surface area (Å²) in [5, 5.41) is 13.0. The molecule has 3 amide bonds. The molecular formula is C16H15FN4O4S. The predicted octanol–water partition coefficient (Wildman–Crippen LogP) is 3.07. The molecule has 0 saturated heterocycles. The molecule has 0 atom stereocenters. The van der Waals surface area contributed by atoms with E-state index in [1.807, 2.05) is 0 Å². The summed E-state index contributed by atoms with van der Waals surface area (Å²) in [6, 6.07) is 10.6. The van der Waals surface area contributed by atoms with Crippen molar-refractivity contribution in [3.05, 3.63) is 64.5 Å². The molecule has 0 bridgehead atoms. The molecule has 0 heterocycles. The Kier molecular flexibility index (Phi) is 6.92. The van der Waals surface area contributed by atoms with Crippen LogP contribution in [0, 0.1) is 15.9 Å². The number of carbonyl (C=O) groups excluding carboxylic acids is 2. The SMILES string of the molecule is O=C(CCSc1ccc(F)cc1)NNC(=O)Nc1cccc([N+](=O)[O-])c1. The number of nitrogens with one attached hydrogen (secondary N) is 3. The van der Waals surface area contributed by atoms with Gasteiger partial charge in [0.25, 0.3) is 5.69 Å². The van der Waals surface area contributed by atoms with Crippen molar-refractivity contribution in [2.45, 2.75) is 11.3 Å². The van der Waals surface area contributed by atoms with Crippen LogP contribution in [-0.2, 0) is 4.79 Å². The molecule has 0 fully saturated rings. The van der Waals surface area contributed by atoms with E-state index in [0.717, 1.165) is 4.90 Å². The van der Waals surface area contributed by atoms with Crippen LogP contribution in [0.4, 0.5) is 20.6 Å². The highest BCUT2D eigenvalue weighted by Gasteiger charge is 2.09. The van der Waals surface area contributed by atoms with Crippen molar-refractivity contribution in [3.8, 4) is 0 Å². The first-order valence-electron chi connectivity index (χ1n) is 7.43. The summed E-state index contributed by atoms with van der Waals surface area (Å²) in [6.45, 7) is 0. The van der Waals surface area contributed by atoms with E-state index >= 15 is 0 Å². The monoisotopic (exact) mass is 378 g/mol. The smallest absolute Gasteiger partial charge is 0.306 e. The average Bonchev–Trinajstić information content (AvgIpc) is 2.62. The van der Waals surface area contributed by atoms with E-state index in [1.165, 1.54) is 48.2 Å². The largest absolute Gasteiger partial charge is 0.337 e. The molecule has 8 nitrogen and oxygen atoms in total. The lowest BCUT2D eigenvalue weighted by molar-refractivity contribution is -0.384. The third-order valence-electron chi connectivity index (χ3n) is 3.04. The second-order valence-corrected chi connectivity index (χ2v) is 6.16. The Morgan fingerprint density at radius 3 is 2.54 bits per heavy atom.